The Hall–Kier alpha value is 0.573. The van der Waals surface area contributed by atoms with Crippen molar-refractivity contribution in [3.63, 3.8) is 0 Å². The average molecular weight is 260 g/mol. The zero-order valence-electron chi connectivity index (χ0n) is 6.14. The first-order valence-electron chi connectivity index (χ1n) is 3.02. The molecule has 0 amide bonds. The summed E-state index contributed by atoms with van der Waals surface area (Å²) in [6.07, 6.45) is 1.99. The van der Waals surface area contributed by atoms with Crippen molar-refractivity contribution in [2.75, 3.05) is 0 Å². The number of carbonyl (C=O) groups is 1. The van der Waals surface area contributed by atoms with Crippen molar-refractivity contribution in [1.82, 2.24) is 0 Å². The second-order valence-corrected chi connectivity index (χ2v) is 3.23. The molecule has 1 unspecified atom stereocenters. The molecule has 1 atom stereocenters. The summed E-state index contributed by atoms with van der Waals surface area (Å²) in [5, 5.41) is 8.24. The minimum Gasteiger partial charge on any atom is -0.481 e. The molecule has 0 aromatic heterocycles. The Balaban J connectivity index is 0. The van der Waals surface area contributed by atoms with E-state index in [1.807, 2.05) is 6.92 Å². The fourth-order valence-corrected chi connectivity index (χ4v) is 0.713. The smallest absolute Gasteiger partial charge is 0.303 e. The standard InChI is InChI=1S/C6H11BrO2.Zn/c1-2-5(7)3-4-6(8)9;/h5H,2-4H2,1H3,(H,8,9);. The van der Waals surface area contributed by atoms with Crippen molar-refractivity contribution in [2.45, 2.75) is 31.0 Å². The van der Waals surface area contributed by atoms with Gasteiger partial charge in [0.15, 0.2) is 0 Å². The number of rotatable bonds is 4. The molecule has 0 aliphatic rings. The van der Waals surface area contributed by atoms with Crippen LogP contribution in [0.2, 0.25) is 0 Å². The van der Waals surface area contributed by atoms with E-state index >= 15 is 0 Å². The number of carboxylic acid groups (broad SMARTS) is 1. The van der Waals surface area contributed by atoms with Gasteiger partial charge in [0.25, 0.3) is 0 Å². The second-order valence-electron chi connectivity index (χ2n) is 1.94. The van der Waals surface area contributed by atoms with E-state index in [0.29, 0.717) is 4.83 Å². The maximum Gasteiger partial charge on any atom is 0.303 e. The summed E-state index contributed by atoms with van der Waals surface area (Å²) in [6.45, 7) is 2.03. The maximum atomic E-state index is 10.00. The Labute approximate surface area is 82.3 Å². The molecule has 0 heterocycles. The van der Waals surface area contributed by atoms with Gasteiger partial charge >= 0.3 is 5.97 Å². The fraction of sp³-hybridized carbons (Fsp3) is 0.833. The van der Waals surface area contributed by atoms with Crippen molar-refractivity contribution in [3.8, 4) is 0 Å². The first-order chi connectivity index (χ1) is 4.16. The van der Waals surface area contributed by atoms with Crippen molar-refractivity contribution in [2.24, 2.45) is 0 Å². The molecule has 0 aliphatic carbocycles. The third-order valence-electron chi connectivity index (χ3n) is 1.11. The summed E-state index contributed by atoms with van der Waals surface area (Å²) >= 11 is 3.34. The molecule has 0 fully saturated rings. The number of hydrogen-bond donors (Lipinski definition) is 1. The number of alkyl halides is 1. The van der Waals surface area contributed by atoms with Gasteiger partial charge in [-0.15, -0.1) is 0 Å². The van der Waals surface area contributed by atoms with Crippen LogP contribution in [0.15, 0.2) is 0 Å². The van der Waals surface area contributed by atoms with E-state index in [0.717, 1.165) is 12.8 Å². The Morgan fingerprint density at radius 3 is 2.50 bits per heavy atom. The van der Waals surface area contributed by atoms with Crippen LogP contribution in [0.5, 0.6) is 0 Å². The van der Waals surface area contributed by atoms with E-state index in [9.17, 15) is 4.79 Å². The van der Waals surface area contributed by atoms with E-state index in [1.54, 1.807) is 0 Å². The van der Waals surface area contributed by atoms with Crippen LogP contribution in [0.4, 0.5) is 0 Å². The van der Waals surface area contributed by atoms with Crippen molar-refractivity contribution >= 4 is 21.9 Å². The summed E-state index contributed by atoms with van der Waals surface area (Å²) < 4.78 is 0. The van der Waals surface area contributed by atoms with E-state index in [4.69, 9.17) is 5.11 Å². The van der Waals surface area contributed by atoms with Crippen LogP contribution in [0.3, 0.4) is 0 Å². The normalized spacial score (nSPS) is 11.8. The van der Waals surface area contributed by atoms with Crippen LogP contribution in [0, 0.1) is 0 Å². The molecule has 4 heteroatoms. The van der Waals surface area contributed by atoms with Gasteiger partial charge in [0.1, 0.15) is 0 Å². The van der Waals surface area contributed by atoms with Crippen molar-refractivity contribution in [3.05, 3.63) is 0 Å². The van der Waals surface area contributed by atoms with Gasteiger partial charge in [-0.3, -0.25) is 4.79 Å². The first kappa shape index (κ1) is 13.2. The molecule has 2 nitrogen and oxygen atoms in total. The molecule has 0 aliphatic heterocycles. The zero-order chi connectivity index (χ0) is 7.28. The number of hydrogen-bond acceptors (Lipinski definition) is 1. The summed E-state index contributed by atoms with van der Waals surface area (Å²) in [7, 11) is 0. The largest absolute Gasteiger partial charge is 0.481 e. The van der Waals surface area contributed by atoms with Crippen molar-refractivity contribution in [1.29, 1.82) is 0 Å². The van der Waals surface area contributed by atoms with Crippen LogP contribution < -0.4 is 0 Å². The molecule has 0 bridgehead atoms. The van der Waals surface area contributed by atoms with E-state index in [-0.39, 0.29) is 25.9 Å². The van der Waals surface area contributed by atoms with Gasteiger partial charge in [0.2, 0.25) is 0 Å². The second kappa shape index (κ2) is 7.68. The van der Waals surface area contributed by atoms with Gasteiger partial charge in [0, 0.05) is 30.7 Å². The molecule has 10 heavy (non-hydrogen) atoms. The Morgan fingerprint density at radius 2 is 2.20 bits per heavy atom. The topological polar surface area (TPSA) is 37.3 Å². The van der Waals surface area contributed by atoms with E-state index in [1.165, 1.54) is 0 Å². The van der Waals surface area contributed by atoms with Crippen LogP contribution in [0.25, 0.3) is 0 Å². The van der Waals surface area contributed by atoms with Gasteiger partial charge in [-0.25, -0.2) is 0 Å². The fourth-order valence-electron chi connectivity index (χ4n) is 0.484. The molecule has 1 N–H and O–H groups in total. The van der Waals surface area contributed by atoms with Gasteiger partial charge in [-0.05, 0) is 12.8 Å². The Kier molecular flexibility index (Phi) is 10.1. The summed E-state index contributed by atoms with van der Waals surface area (Å²) in [6, 6.07) is 0. The first-order valence-corrected chi connectivity index (χ1v) is 3.94. The number of aliphatic carboxylic acids is 1. The molecule has 0 spiro atoms. The average Bonchev–Trinajstić information content (AvgIpc) is 1.83. The molecular formula is C6H11BrO2Zn. The molecule has 0 aromatic carbocycles. The maximum absolute atomic E-state index is 10.00. The molecule has 56 valence electrons. The molecule has 0 saturated carbocycles. The van der Waals surface area contributed by atoms with Gasteiger partial charge < -0.3 is 5.11 Å². The van der Waals surface area contributed by atoms with Gasteiger partial charge in [0.05, 0.1) is 0 Å². The quantitative estimate of drug-likeness (QED) is 0.620. The SMILES string of the molecule is CCC(Br)CCC(=O)O.[Zn]. The van der Waals surface area contributed by atoms with Crippen LogP contribution in [-0.4, -0.2) is 15.9 Å². The Morgan fingerprint density at radius 1 is 1.70 bits per heavy atom. The van der Waals surface area contributed by atoms with Crippen LogP contribution >= 0.6 is 15.9 Å². The molecule has 0 saturated heterocycles. The zero-order valence-corrected chi connectivity index (χ0v) is 10.7. The van der Waals surface area contributed by atoms with E-state index < -0.39 is 5.97 Å². The third kappa shape index (κ3) is 8.57. The summed E-state index contributed by atoms with van der Waals surface area (Å²) in [4.78, 5) is 10.4. The number of halogens is 1. The summed E-state index contributed by atoms with van der Waals surface area (Å²) in [5.41, 5.74) is 0. The predicted octanol–water partition coefficient (Wildman–Crippen LogP) is 2.02. The van der Waals surface area contributed by atoms with Crippen LogP contribution in [-0.2, 0) is 24.3 Å². The minimum absolute atomic E-state index is 0. The van der Waals surface area contributed by atoms with E-state index in [2.05, 4.69) is 15.9 Å². The minimum atomic E-state index is -0.715. The molecule has 0 aromatic rings. The van der Waals surface area contributed by atoms with Gasteiger partial charge in [-0.1, -0.05) is 22.9 Å². The van der Waals surface area contributed by atoms with Crippen molar-refractivity contribution < 1.29 is 29.4 Å². The number of carboxylic acids is 1. The Bertz CT molecular complexity index is 97.7. The summed E-state index contributed by atoms with van der Waals surface area (Å²) in [5.74, 6) is -0.715. The third-order valence-corrected chi connectivity index (χ3v) is 2.22. The molecular weight excluding hydrogens is 249 g/mol. The molecule has 0 rings (SSSR count). The molecule has 0 radical (unpaired) electrons. The van der Waals surface area contributed by atoms with Crippen LogP contribution in [0.1, 0.15) is 26.2 Å². The monoisotopic (exact) mass is 258 g/mol. The van der Waals surface area contributed by atoms with Gasteiger partial charge in [-0.2, -0.15) is 0 Å². The predicted molar refractivity (Wildman–Crippen MR) is 39.9 cm³/mol.